The molecule has 1 aromatic carbocycles. The van der Waals surface area contributed by atoms with E-state index < -0.39 is 0 Å². The van der Waals surface area contributed by atoms with E-state index in [1.54, 1.807) is 16.7 Å². The van der Waals surface area contributed by atoms with Gasteiger partial charge in [-0.3, -0.25) is 9.59 Å². The van der Waals surface area contributed by atoms with Crippen molar-refractivity contribution in [3.63, 3.8) is 0 Å². The van der Waals surface area contributed by atoms with Crippen molar-refractivity contribution in [2.24, 2.45) is 0 Å². The van der Waals surface area contributed by atoms with Crippen LogP contribution in [0.25, 0.3) is 10.9 Å². The van der Waals surface area contributed by atoms with Gasteiger partial charge in [-0.25, -0.2) is 0 Å². The molecule has 3 rings (SSSR count). The largest absolute Gasteiger partial charge is 0.361 e. The zero-order chi connectivity index (χ0) is 16.4. The van der Waals surface area contributed by atoms with Gasteiger partial charge in [0.05, 0.1) is 5.88 Å². The summed E-state index contributed by atoms with van der Waals surface area (Å²) in [6.07, 6.45) is 2.73. The summed E-state index contributed by atoms with van der Waals surface area (Å²) < 4.78 is 0. The molecule has 1 aliphatic rings. The molecule has 1 saturated heterocycles. The fourth-order valence-corrected chi connectivity index (χ4v) is 3.80. The van der Waals surface area contributed by atoms with E-state index in [-0.39, 0.29) is 23.9 Å². The first-order valence-corrected chi connectivity index (χ1v) is 9.02. The van der Waals surface area contributed by atoms with Crippen LogP contribution in [0.5, 0.6) is 0 Å². The SMILES string of the molecule is CC[C@H](C)NC(=O)[C@H]1CSCN1C(=O)c1ccc2cc[nH]c2c1. The summed E-state index contributed by atoms with van der Waals surface area (Å²) in [6.45, 7) is 4.01. The van der Waals surface area contributed by atoms with Gasteiger partial charge in [-0.05, 0) is 36.9 Å². The van der Waals surface area contributed by atoms with Crippen LogP contribution in [0.15, 0.2) is 30.5 Å². The van der Waals surface area contributed by atoms with Crippen LogP contribution in [-0.4, -0.2) is 45.4 Å². The van der Waals surface area contributed by atoms with Crippen LogP contribution in [0, 0.1) is 0 Å². The van der Waals surface area contributed by atoms with Gasteiger partial charge in [0.1, 0.15) is 6.04 Å². The monoisotopic (exact) mass is 331 g/mol. The quantitative estimate of drug-likeness (QED) is 0.905. The number of thioether (sulfide) groups is 1. The number of fused-ring (bicyclic) bond motifs is 1. The van der Waals surface area contributed by atoms with Gasteiger partial charge in [0.2, 0.25) is 5.91 Å². The molecule has 0 saturated carbocycles. The second-order valence-electron chi connectivity index (χ2n) is 5.89. The van der Waals surface area contributed by atoms with E-state index in [4.69, 9.17) is 0 Å². The standard InChI is InChI=1S/C17H21N3O2S/c1-3-11(2)19-16(21)15-9-23-10-20(15)17(22)13-5-4-12-6-7-18-14(12)8-13/h4-8,11,15,18H,3,9-10H2,1-2H3,(H,19,21)/t11-,15+/m0/s1. The van der Waals surface area contributed by atoms with E-state index in [0.29, 0.717) is 17.2 Å². The highest BCUT2D eigenvalue weighted by Gasteiger charge is 2.35. The third kappa shape index (κ3) is 3.22. The Labute approximate surface area is 139 Å². The lowest BCUT2D eigenvalue weighted by Crippen LogP contribution is -2.49. The molecule has 6 heteroatoms. The van der Waals surface area contributed by atoms with E-state index in [2.05, 4.69) is 10.3 Å². The predicted octanol–water partition coefficient (Wildman–Crippen LogP) is 2.60. The molecule has 0 aliphatic carbocycles. The van der Waals surface area contributed by atoms with Crippen molar-refractivity contribution in [3.8, 4) is 0 Å². The van der Waals surface area contributed by atoms with Crippen molar-refractivity contribution in [2.75, 3.05) is 11.6 Å². The predicted molar refractivity (Wildman–Crippen MR) is 93.5 cm³/mol. The van der Waals surface area contributed by atoms with Crippen molar-refractivity contribution in [2.45, 2.75) is 32.4 Å². The normalized spacial score (nSPS) is 19.0. The highest BCUT2D eigenvalue weighted by atomic mass is 32.2. The number of benzene rings is 1. The molecule has 0 spiro atoms. The minimum Gasteiger partial charge on any atom is -0.361 e. The van der Waals surface area contributed by atoms with Crippen LogP contribution in [0.3, 0.4) is 0 Å². The van der Waals surface area contributed by atoms with Crippen molar-refractivity contribution in [1.82, 2.24) is 15.2 Å². The number of aromatic nitrogens is 1. The molecule has 122 valence electrons. The lowest BCUT2D eigenvalue weighted by Gasteiger charge is -2.24. The summed E-state index contributed by atoms with van der Waals surface area (Å²) in [7, 11) is 0. The van der Waals surface area contributed by atoms with E-state index in [1.807, 2.05) is 44.3 Å². The first-order chi connectivity index (χ1) is 11.1. The number of amides is 2. The Kier molecular flexibility index (Phi) is 4.61. The molecule has 0 radical (unpaired) electrons. The molecule has 2 heterocycles. The summed E-state index contributed by atoms with van der Waals surface area (Å²) in [5.41, 5.74) is 1.55. The van der Waals surface area contributed by atoms with Gasteiger partial charge in [-0.15, -0.1) is 11.8 Å². The second-order valence-corrected chi connectivity index (χ2v) is 6.89. The maximum atomic E-state index is 12.8. The molecule has 2 aromatic rings. The summed E-state index contributed by atoms with van der Waals surface area (Å²) >= 11 is 1.62. The number of nitrogens with one attached hydrogen (secondary N) is 2. The molecule has 2 N–H and O–H groups in total. The third-order valence-electron chi connectivity index (χ3n) is 4.25. The molecule has 23 heavy (non-hydrogen) atoms. The Hall–Kier alpha value is -1.95. The molecule has 5 nitrogen and oxygen atoms in total. The van der Waals surface area contributed by atoms with Gasteiger partial charge in [0, 0.05) is 29.1 Å². The summed E-state index contributed by atoms with van der Waals surface area (Å²) in [5, 5.41) is 4.05. The zero-order valence-corrected chi connectivity index (χ0v) is 14.2. The minimum absolute atomic E-state index is 0.0568. The Bertz CT molecular complexity index is 727. The Morgan fingerprint density at radius 1 is 1.43 bits per heavy atom. The number of carbonyl (C=O) groups excluding carboxylic acids is 2. The molecule has 1 aromatic heterocycles. The lowest BCUT2D eigenvalue weighted by atomic mass is 10.1. The van der Waals surface area contributed by atoms with Crippen molar-refractivity contribution in [3.05, 3.63) is 36.0 Å². The third-order valence-corrected chi connectivity index (χ3v) is 5.26. The molecular weight excluding hydrogens is 310 g/mol. The number of aromatic amines is 1. The number of rotatable bonds is 4. The van der Waals surface area contributed by atoms with E-state index >= 15 is 0 Å². The fraction of sp³-hybridized carbons (Fsp3) is 0.412. The van der Waals surface area contributed by atoms with Crippen LogP contribution in [0.1, 0.15) is 30.6 Å². The average molecular weight is 331 g/mol. The molecule has 1 fully saturated rings. The van der Waals surface area contributed by atoms with Gasteiger partial charge < -0.3 is 15.2 Å². The Morgan fingerprint density at radius 3 is 3.04 bits per heavy atom. The summed E-state index contributed by atoms with van der Waals surface area (Å²) in [4.78, 5) is 30.0. The highest BCUT2D eigenvalue weighted by Crippen LogP contribution is 2.24. The summed E-state index contributed by atoms with van der Waals surface area (Å²) in [6, 6.07) is 7.31. The maximum Gasteiger partial charge on any atom is 0.255 e. The zero-order valence-electron chi connectivity index (χ0n) is 13.3. The minimum atomic E-state index is -0.388. The smallest absolute Gasteiger partial charge is 0.255 e. The fourth-order valence-electron chi connectivity index (χ4n) is 2.65. The molecular formula is C17H21N3O2S. The first kappa shape index (κ1) is 15.9. The van der Waals surface area contributed by atoms with Crippen molar-refractivity contribution >= 4 is 34.5 Å². The number of carbonyl (C=O) groups is 2. The van der Waals surface area contributed by atoms with E-state index in [9.17, 15) is 9.59 Å². The van der Waals surface area contributed by atoms with Crippen molar-refractivity contribution in [1.29, 1.82) is 0 Å². The van der Waals surface area contributed by atoms with Gasteiger partial charge in [0.15, 0.2) is 0 Å². The number of hydrogen-bond acceptors (Lipinski definition) is 3. The van der Waals surface area contributed by atoms with Crippen LogP contribution >= 0.6 is 11.8 Å². The molecule has 2 amide bonds. The highest BCUT2D eigenvalue weighted by molar-refractivity contribution is 7.99. The lowest BCUT2D eigenvalue weighted by molar-refractivity contribution is -0.125. The number of nitrogens with zero attached hydrogens (tertiary/aromatic N) is 1. The average Bonchev–Trinajstić information content (AvgIpc) is 3.21. The van der Waals surface area contributed by atoms with Gasteiger partial charge in [-0.2, -0.15) is 0 Å². The number of hydrogen-bond donors (Lipinski definition) is 2. The number of H-pyrrole nitrogens is 1. The maximum absolute atomic E-state index is 12.8. The van der Waals surface area contributed by atoms with Crippen LogP contribution in [-0.2, 0) is 4.79 Å². The Balaban J connectivity index is 1.78. The second kappa shape index (κ2) is 6.66. The van der Waals surface area contributed by atoms with Gasteiger partial charge in [-0.1, -0.05) is 13.0 Å². The van der Waals surface area contributed by atoms with Crippen LogP contribution in [0.2, 0.25) is 0 Å². The van der Waals surface area contributed by atoms with E-state index in [0.717, 1.165) is 17.3 Å². The molecule has 1 aliphatic heterocycles. The first-order valence-electron chi connectivity index (χ1n) is 7.86. The van der Waals surface area contributed by atoms with Crippen molar-refractivity contribution < 1.29 is 9.59 Å². The van der Waals surface area contributed by atoms with E-state index in [1.165, 1.54) is 0 Å². The summed E-state index contributed by atoms with van der Waals surface area (Å²) in [5.74, 6) is 1.06. The topological polar surface area (TPSA) is 65.2 Å². The molecule has 0 unspecified atom stereocenters. The molecule has 0 bridgehead atoms. The van der Waals surface area contributed by atoms with Gasteiger partial charge in [0.25, 0.3) is 5.91 Å². The van der Waals surface area contributed by atoms with Crippen LogP contribution in [0.4, 0.5) is 0 Å². The molecule has 2 atom stereocenters. The van der Waals surface area contributed by atoms with Gasteiger partial charge >= 0.3 is 0 Å². The van der Waals surface area contributed by atoms with Crippen LogP contribution < -0.4 is 5.32 Å². The Morgan fingerprint density at radius 2 is 2.26 bits per heavy atom.